The SMILES string of the molecule is CC1(C)Cc2cc(Cl)cc(C(=O)NC3C[C@H]4CC[C@@H](C3)N4)c2O1. The number of amides is 1. The molecule has 0 radical (unpaired) electrons. The standard InChI is InChI=1S/C18H23ClN2O2/c1-18(2)9-10-5-11(19)6-15(16(10)23-18)17(22)21-14-7-12-3-4-13(8-14)20-12/h5-6,12-14,20H,3-4,7-9H2,1-2H3,(H,21,22)/t12-,13+,14?. The average molecular weight is 335 g/mol. The molecule has 0 aromatic heterocycles. The molecule has 1 amide bonds. The van der Waals surface area contributed by atoms with Gasteiger partial charge in [0.05, 0.1) is 5.56 Å². The Balaban J connectivity index is 1.55. The van der Waals surface area contributed by atoms with Crippen LogP contribution in [0.15, 0.2) is 12.1 Å². The van der Waals surface area contributed by atoms with Gasteiger partial charge in [0, 0.05) is 35.1 Å². The van der Waals surface area contributed by atoms with Gasteiger partial charge in [-0.15, -0.1) is 0 Å². The molecule has 0 saturated carbocycles. The monoisotopic (exact) mass is 334 g/mol. The predicted molar refractivity (Wildman–Crippen MR) is 90.3 cm³/mol. The van der Waals surface area contributed by atoms with Crippen molar-refractivity contribution in [1.29, 1.82) is 0 Å². The predicted octanol–water partition coefficient (Wildman–Crippen LogP) is 3.07. The van der Waals surface area contributed by atoms with Crippen LogP contribution in [-0.4, -0.2) is 29.6 Å². The minimum atomic E-state index is -0.282. The highest BCUT2D eigenvalue weighted by atomic mass is 35.5. The summed E-state index contributed by atoms with van der Waals surface area (Å²) in [6, 6.07) is 4.99. The van der Waals surface area contributed by atoms with E-state index in [1.54, 1.807) is 6.07 Å². The van der Waals surface area contributed by atoms with Gasteiger partial charge in [0.2, 0.25) is 0 Å². The largest absolute Gasteiger partial charge is 0.486 e. The van der Waals surface area contributed by atoms with Gasteiger partial charge in [-0.2, -0.15) is 0 Å². The lowest BCUT2D eigenvalue weighted by Crippen LogP contribution is -2.48. The fourth-order valence-electron chi connectivity index (χ4n) is 4.28. The molecule has 0 spiro atoms. The molecule has 1 aromatic rings. The Kier molecular flexibility index (Phi) is 3.58. The highest BCUT2D eigenvalue weighted by molar-refractivity contribution is 6.31. The summed E-state index contributed by atoms with van der Waals surface area (Å²) in [4.78, 5) is 12.8. The number of nitrogens with one attached hydrogen (secondary N) is 2. The first-order chi connectivity index (χ1) is 10.9. The first-order valence-electron chi connectivity index (χ1n) is 8.48. The molecule has 2 fully saturated rings. The quantitative estimate of drug-likeness (QED) is 0.874. The second-order valence-corrected chi connectivity index (χ2v) is 8.20. The van der Waals surface area contributed by atoms with Crippen LogP contribution in [0, 0.1) is 0 Å². The van der Waals surface area contributed by atoms with Gasteiger partial charge in [-0.1, -0.05) is 11.6 Å². The van der Waals surface area contributed by atoms with Gasteiger partial charge in [0.1, 0.15) is 11.4 Å². The van der Waals surface area contributed by atoms with E-state index in [4.69, 9.17) is 16.3 Å². The summed E-state index contributed by atoms with van der Waals surface area (Å²) < 4.78 is 6.01. The number of fused-ring (bicyclic) bond motifs is 3. The Hall–Kier alpha value is -1.26. The number of carbonyl (C=O) groups excluding carboxylic acids is 1. The van der Waals surface area contributed by atoms with E-state index >= 15 is 0 Å². The first kappa shape index (κ1) is 15.3. The number of hydrogen-bond acceptors (Lipinski definition) is 3. The van der Waals surface area contributed by atoms with Crippen LogP contribution < -0.4 is 15.4 Å². The van der Waals surface area contributed by atoms with Gasteiger partial charge in [-0.3, -0.25) is 4.79 Å². The summed E-state index contributed by atoms with van der Waals surface area (Å²) in [5, 5.41) is 7.40. The minimum absolute atomic E-state index is 0.0623. The molecule has 124 valence electrons. The van der Waals surface area contributed by atoms with Gasteiger partial charge in [-0.25, -0.2) is 0 Å². The summed E-state index contributed by atoms with van der Waals surface area (Å²) in [6.07, 6.45) is 5.25. The van der Waals surface area contributed by atoms with Gasteiger partial charge >= 0.3 is 0 Å². The van der Waals surface area contributed by atoms with Crippen molar-refractivity contribution in [3.05, 3.63) is 28.3 Å². The highest BCUT2D eigenvalue weighted by Crippen LogP contribution is 2.39. The van der Waals surface area contributed by atoms with Crippen LogP contribution in [-0.2, 0) is 6.42 Å². The van der Waals surface area contributed by atoms with Gasteiger partial charge in [-0.05, 0) is 51.7 Å². The lowest BCUT2D eigenvalue weighted by molar-refractivity contribution is 0.0910. The van der Waals surface area contributed by atoms with E-state index in [1.807, 2.05) is 19.9 Å². The lowest BCUT2D eigenvalue weighted by atomic mass is 9.98. The van der Waals surface area contributed by atoms with E-state index in [0.717, 1.165) is 24.8 Å². The van der Waals surface area contributed by atoms with Crippen LogP contribution in [0.3, 0.4) is 0 Å². The molecule has 2 saturated heterocycles. The third-order valence-electron chi connectivity index (χ3n) is 5.18. The minimum Gasteiger partial charge on any atom is -0.486 e. The Bertz CT molecular complexity index is 647. The maximum absolute atomic E-state index is 12.8. The highest BCUT2D eigenvalue weighted by Gasteiger charge is 2.36. The van der Waals surface area contributed by atoms with Crippen molar-refractivity contribution >= 4 is 17.5 Å². The van der Waals surface area contributed by atoms with Crippen LogP contribution in [0.2, 0.25) is 5.02 Å². The maximum Gasteiger partial charge on any atom is 0.255 e. The molecule has 2 bridgehead atoms. The second kappa shape index (κ2) is 5.38. The summed E-state index contributed by atoms with van der Waals surface area (Å²) >= 11 is 6.22. The molecule has 4 nitrogen and oxygen atoms in total. The zero-order valence-corrected chi connectivity index (χ0v) is 14.4. The van der Waals surface area contributed by atoms with Crippen molar-refractivity contribution in [2.24, 2.45) is 0 Å². The number of benzene rings is 1. The van der Waals surface area contributed by atoms with Crippen molar-refractivity contribution in [2.45, 2.75) is 69.7 Å². The fraction of sp³-hybridized carbons (Fsp3) is 0.611. The Morgan fingerprint density at radius 3 is 2.70 bits per heavy atom. The number of carbonyl (C=O) groups is 1. The van der Waals surface area contributed by atoms with Crippen LogP contribution >= 0.6 is 11.6 Å². The molecule has 3 atom stereocenters. The normalized spacial score (nSPS) is 30.7. The molecule has 4 rings (SSSR count). The van der Waals surface area contributed by atoms with E-state index in [1.165, 1.54) is 12.8 Å². The van der Waals surface area contributed by atoms with Crippen LogP contribution in [0.25, 0.3) is 0 Å². The lowest BCUT2D eigenvalue weighted by Gasteiger charge is -2.30. The first-order valence-corrected chi connectivity index (χ1v) is 8.86. The molecule has 3 heterocycles. The Labute approximate surface area is 141 Å². The third-order valence-corrected chi connectivity index (χ3v) is 5.40. The molecule has 23 heavy (non-hydrogen) atoms. The Morgan fingerprint density at radius 2 is 2.00 bits per heavy atom. The molecule has 2 N–H and O–H groups in total. The molecular weight excluding hydrogens is 312 g/mol. The van der Waals surface area contributed by atoms with E-state index < -0.39 is 0 Å². The van der Waals surface area contributed by atoms with Crippen LogP contribution in [0.5, 0.6) is 5.75 Å². The molecule has 3 aliphatic heterocycles. The second-order valence-electron chi connectivity index (χ2n) is 7.76. The van der Waals surface area contributed by atoms with Gasteiger partial charge in [0.25, 0.3) is 5.91 Å². The molecule has 3 aliphatic rings. The Morgan fingerprint density at radius 1 is 1.30 bits per heavy atom. The summed E-state index contributed by atoms with van der Waals surface area (Å²) in [5.41, 5.74) is 1.32. The van der Waals surface area contributed by atoms with Crippen molar-refractivity contribution in [3.8, 4) is 5.75 Å². The van der Waals surface area contributed by atoms with Crippen molar-refractivity contribution in [3.63, 3.8) is 0 Å². The number of hydrogen-bond donors (Lipinski definition) is 2. The smallest absolute Gasteiger partial charge is 0.255 e. The molecular formula is C18H23ClN2O2. The van der Waals surface area contributed by atoms with Gasteiger partial charge < -0.3 is 15.4 Å². The van der Waals surface area contributed by atoms with Gasteiger partial charge in [0.15, 0.2) is 0 Å². The third kappa shape index (κ3) is 2.94. The van der Waals surface area contributed by atoms with E-state index in [9.17, 15) is 4.79 Å². The molecule has 0 aliphatic carbocycles. The topological polar surface area (TPSA) is 50.4 Å². The number of rotatable bonds is 2. The van der Waals surface area contributed by atoms with Crippen molar-refractivity contribution in [1.82, 2.24) is 10.6 Å². The fourth-order valence-corrected chi connectivity index (χ4v) is 4.52. The maximum atomic E-state index is 12.8. The average Bonchev–Trinajstić information content (AvgIpc) is 2.95. The van der Waals surface area contributed by atoms with Crippen LogP contribution in [0.4, 0.5) is 0 Å². The van der Waals surface area contributed by atoms with E-state index in [2.05, 4.69) is 10.6 Å². The number of halogens is 1. The van der Waals surface area contributed by atoms with E-state index in [-0.39, 0.29) is 17.6 Å². The van der Waals surface area contributed by atoms with Crippen molar-refractivity contribution in [2.75, 3.05) is 0 Å². The number of ether oxygens (including phenoxy) is 1. The number of piperidine rings is 1. The molecule has 1 unspecified atom stereocenters. The summed E-state index contributed by atoms with van der Waals surface area (Å²) in [5.74, 6) is 0.640. The summed E-state index contributed by atoms with van der Waals surface area (Å²) in [6.45, 7) is 4.07. The zero-order chi connectivity index (χ0) is 16.2. The van der Waals surface area contributed by atoms with E-state index in [0.29, 0.717) is 28.4 Å². The van der Waals surface area contributed by atoms with Crippen molar-refractivity contribution < 1.29 is 9.53 Å². The molecule has 1 aromatic carbocycles. The molecule has 5 heteroatoms. The summed E-state index contributed by atoms with van der Waals surface area (Å²) in [7, 11) is 0. The zero-order valence-electron chi connectivity index (χ0n) is 13.6. The van der Waals surface area contributed by atoms with Crippen LogP contribution in [0.1, 0.15) is 55.5 Å².